The molecule has 2 aliphatic rings. The number of amides is 2. The second kappa shape index (κ2) is 8.41. The number of nitrogens with one attached hydrogen (secondary N) is 1. The Kier molecular flexibility index (Phi) is 5.57. The minimum atomic E-state index is -0.0716. The van der Waals surface area contributed by atoms with Crippen LogP contribution in [-0.2, 0) is 0 Å². The van der Waals surface area contributed by atoms with E-state index in [9.17, 15) is 9.59 Å². The first-order valence-electron chi connectivity index (χ1n) is 11.5. The van der Waals surface area contributed by atoms with E-state index in [1.165, 1.54) is 0 Å². The molecule has 1 aromatic heterocycles. The maximum atomic E-state index is 13.7. The van der Waals surface area contributed by atoms with E-state index < -0.39 is 0 Å². The number of thiazole rings is 1. The van der Waals surface area contributed by atoms with Gasteiger partial charge in [-0.25, -0.2) is 4.98 Å². The highest BCUT2D eigenvalue weighted by molar-refractivity contribution is 7.15. The third kappa shape index (κ3) is 4.20. The van der Waals surface area contributed by atoms with Crippen molar-refractivity contribution in [3.8, 4) is 10.4 Å². The number of likely N-dealkylation sites (tertiary alicyclic amines) is 1. The second-order valence-electron chi connectivity index (χ2n) is 9.49. The molecule has 1 saturated heterocycles. The summed E-state index contributed by atoms with van der Waals surface area (Å²) in [5, 5.41) is 4.00. The highest BCUT2D eigenvalue weighted by Crippen LogP contribution is 2.50. The van der Waals surface area contributed by atoms with Gasteiger partial charge in [-0.15, -0.1) is 11.3 Å². The number of nitrogens with zero attached hydrogens (tertiary/aromatic N) is 2. The number of aryl methyl sites for hydroxylation is 4. The van der Waals surface area contributed by atoms with Gasteiger partial charge in [-0.2, -0.15) is 0 Å². The Hall–Kier alpha value is -2.99. The lowest BCUT2D eigenvalue weighted by Gasteiger charge is -2.27. The average Bonchev–Trinajstić information content (AvgIpc) is 3.30. The standard InChI is InChI=1S/C27H29N3O2S/c1-15-6-5-7-19(10-15)25-24(29-18(4)33-25)27(32)30-14-20-12-22(20)23(30)13-28-26(31)21-11-16(2)8-9-17(21)3/h5-11,20,22-23H,12-14H2,1-4H3,(H,28,31)/t20-,22?,23+/m0/s1. The van der Waals surface area contributed by atoms with Crippen LogP contribution in [0.3, 0.4) is 0 Å². The zero-order valence-corrected chi connectivity index (χ0v) is 20.3. The molecule has 0 spiro atoms. The van der Waals surface area contributed by atoms with Gasteiger partial charge in [0.25, 0.3) is 11.8 Å². The molecule has 2 heterocycles. The molecule has 1 unspecified atom stereocenters. The van der Waals surface area contributed by atoms with E-state index in [1.807, 2.05) is 56.0 Å². The number of carbonyl (C=O) groups is 2. The van der Waals surface area contributed by atoms with Gasteiger partial charge in [-0.1, -0.05) is 47.5 Å². The molecule has 2 amide bonds. The quantitative estimate of drug-likeness (QED) is 0.588. The van der Waals surface area contributed by atoms with E-state index in [0.29, 0.717) is 29.6 Å². The Morgan fingerprint density at radius 1 is 1.09 bits per heavy atom. The van der Waals surface area contributed by atoms with Crippen LogP contribution in [0, 0.1) is 39.5 Å². The number of piperidine rings is 1. The molecule has 0 bridgehead atoms. The number of rotatable bonds is 5. The Labute approximate surface area is 198 Å². The summed E-state index contributed by atoms with van der Waals surface area (Å²) >= 11 is 1.57. The largest absolute Gasteiger partial charge is 0.350 e. The highest BCUT2D eigenvalue weighted by atomic mass is 32.1. The first-order chi connectivity index (χ1) is 15.8. The van der Waals surface area contributed by atoms with Gasteiger partial charge in [-0.05, 0) is 63.1 Å². The maximum absolute atomic E-state index is 13.7. The summed E-state index contributed by atoms with van der Waals surface area (Å²) in [7, 11) is 0. The topological polar surface area (TPSA) is 62.3 Å². The van der Waals surface area contributed by atoms with Gasteiger partial charge in [-0.3, -0.25) is 9.59 Å². The summed E-state index contributed by atoms with van der Waals surface area (Å²) in [6, 6.07) is 14.2. The Morgan fingerprint density at radius 2 is 1.88 bits per heavy atom. The summed E-state index contributed by atoms with van der Waals surface area (Å²) < 4.78 is 0. The van der Waals surface area contributed by atoms with Crippen molar-refractivity contribution in [2.24, 2.45) is 11.8 Å². The van der Waals surface area contributed by atoms with Crippen molar-refractivity contribution in [1.29, 1.82) is 0 Å². The zero-order valence-electron chi connectivity index (χ0n) is 19.5. The Bertz CT molecular complexity index is 1250. The lowest BCUT2D eigenvalue weighted by molar-refractivity contribution is 0.0690. The molecule has 0 radical (unpaired) electrons. The fourth-order valence-electron chi connectivity index (χ4n) is 5.03. The fraction of sp³-hybridized carbons (Fsp3) is 0.370. The van der Waals surface area contributed by atoms with Crippen molar-refractivity contribution in [2.45, 2.75) is 40.2 Å². The van der Waals surface area contributed by atoms with Crippen molar-refractivity contribution >= 4 is 23.2 Å². The molecule has 170 valence electrons. The molecule has 1 aliphatic heterocycles. The van der Waals surface area contributed by atoms with Crippen molar-refractivity contribution < 1.29 is 9.59 Å². The number of hydrogen-bond donors (Lipinski definition) is 1. The SMILES string of the molecule is Cc1cccc(-c2sc(C)nc2C(=O)N2C[C@@H]3CC3[C@H]2CNC(=O)c2cc(C)ccc2C)c1. The minimum Gasteiger partial charge on any atom is -0.350 e. The number of hydrogen-bond acceptors (Lipinski definition) is 4. The fourth-order valence-corrected chi connectivity index (χ4v) is 5.94. The number of aromatic nitrogens is 1. The summed E-state index contributed by atoms with van der Waals surface area (Å²) in [4.78, 5) is 34.1. The van der Waals surface area contributed by atoms with E-state index in [1.54, 1.807) is 11.3 Å². The van der Waals surface area contributed by atoms with Crippen molar-refractivity contribution in [3.63, 3.8) is 0 Å². The number of carbonyl (C=O) groups excluding carboxylic acids is 2. The van der Waals surface area contributed by atoms with Crippen LogP contribution in [0.4, 0.5) is 0 Å². The average molecular weight is 460 g/mol. The van der Waals surface area contributed by atoms with Gasteiger partial charge in [0.2, 0.25) is 0 Å². The van der Waals surface area contributed by atoms with Gasteiger partial charge in [0, 0.05) is 18.7 Å². The number of benzene rings is 2. The third-order valence-electron chi connectivity index (χ3n) is 6.89. The third-order valence-corrected chi connectivity index (χ3v) is 7.91. The predicted molar refractivity (Wildman–Crippen MR) is 132 cm³/mol. The van der Waals surface area contributed by atoms with Crippen molar-refractivity contribution in [2.75, 3.05) is 13.1 Å². The lowest BCUT2D eigenvalue weighted by atomic mass is 10.0. The van der Waals surface area contributed by atoms with Crippen molar-refractivity contribution in [1.82, 2.24) is 15.2 Å². The van der Waals surface area contributed by atoms with Gasteiger partial charge < -0.3 is 10.2 Å². The van der Waals surface area contributed by atoms with Gasteiger partial charge in [0.05, 0.1) is 15.9 Å². The summed E-state index contributed by atoms with van der Waals surface area (Å²) in [5.74, 6) is 0.917. The smallest absolute Gasteiger partial charge is 0.274 e. The summed E-state index contributed by atoms with van der Waals surface area (Å²) in [5.41, 5.74) is 5.46. The van der Waals surface area contributed by atoms with E-state index in [4.69, 9.17) is 0 Å². The predicted octanol–water partition coefficient (Wildman–Crippen LogP) is 4.93. The van der Waals surface area contributed by atoms with Crippen LogP contribution >= 0.6 is 11.3 Å². The van der Waals surface area contributed by atoms with Gasteiger partial charge in [0.1, 0.15) is 5.69 Å². The molecule has 2 fully saturated rings. The highest BCUT2D eigenvalue weighted by Gasteiger charge is 2.54. The monoisotopic (exact) mass is 459 g/mol. The van der Waals surface area contributed by atoms with E-state index in [2.05, 4.69) is 29.4 Å². The molecule has 5 nitrogen and oxygen atoms in total. The van der Waals surface area contributed by atoms with Crippen LogP contribution in [0.15, 0.2) is 42.5 Å². The van der Waals surface area contributed by atoms with E-state index >= 15 is 0 Å². The van der Waals surface area contributed by atoms with Crippen LogP contribution in [-0.4, -0.2) is 40.8 Å². The molecule has 3 aromatic rings. The van der Waals surface area contributed by atoms with Crippen LogP contribution in [0.1, 0.15) is 49.0 Å². The molecular formula is C27H29N3O2S. The molecule has 1 N–H and O–H groups in total. The number of fused-ring (bicyclic) bond motifs is 1. The normalized spacial score (nSPS) is 21.1. The molecule has 33 heavy (non-hydrogen) atoms. The molecule has 3 atom stereocenters. The molecule has 2 aromatic carbocycles. The molecule has 6 heteroatoms. The van der Waals surface area contributed by atoms with E-state index in [0.717, 1.165) is 45.1 Å². The lowest BCUT2D eigenvalue weighted by Crippen LogP contribution is -2.45. The summed E-state index contributed by atoms with van der Waals surface area (Å²) in [6.45, 7) is 9.17. The summed E-state index contributed by atoms with van der Waals surface area (Å²) in [6.07, 6.45) is 1.13. The van der Waals surface area contributed by atoms with Gasteiger partial charge in [0.15, 0.2) is 0 Å². The Balaban J connectivity index is 1.36. The molecule has 1 aliphatic carbocycles. The van der Waals surface area contributed by atoms with Gasteiger partial charge >= 0.3 is 0 Å². The van der Waals surface area contributed by atoms with Crippen molar-refractivity contribution in [3.05, 3.63) is 75.4 Å². The first kappa shape index (κ1) is 21.8. The first-order valence-corrected chi connectivity index (χ1v) is 12.3. The molecule has 1 saturated carbocycles. The zero-order chi connectivity index (χ0) is 23.3. The van der Waals surface area contributed by atoms with Crippen LogP contribution in [0.5, 0.6) is 0 Å². The second-order valence-corrected chi connectivity index (χ2v) is 10.7. The van der Waals surface area contributed by atoms with Crippen LogP contribution < -0.4 is 5.32 Å². The van der Waals surface area contributed by atoms with Crippen LogP contribution in [0.25, 0.3) is 10.4 Å². The van der Waals surface area contributed by atoms with E-state index in [-0.39, 0.29) is 17.9 Å². The Morgan fingerprint density at radius 3 is 2.67 bits per heavy atom. The van der Waals surface area contributed by atoms with Crippen LogP contribution in [0.2, 0.25) is 0 Å². The maximum Gasteiger partial charge on any atom is 0.274 e. The molecular weight excluding hydrogens is 430 g/mol. The molecule has 5 rings (SSSR count). The minimum absolute atomic E-state index is 0.0175.